The molecular weight excluding hydrogens is 340 g/mol. The van der Waals surface area contributed by atoms with Crippen LogP contribution in [0.4, 0.5) is 17.1 Å². The lowest BCUT2D eigenvalue weighted by atomic mass is 10.1. The highest BCUT2D eigenvalue weighted by Crippen LogP contribution is 2.22. The summed E-state index contributed by atoms with van der Waals surface area (Å²) >= 11 is 0. The van der Waals surface area contributed by atoms with Gasteiger partial charge in [-0.2, -0.15) is 0 Å². The molecule has 0 unspecified atom stereocenters. The van der Waals surface area contributed by atoms with E-state index >= 15 is 0 Å². The molecule has 2 aromatic carbocycles. The Labute approximate surface area is 159 Å². The Hall–Kier alpha value is -3.02. The molecule has 3 rings (SSSR count). The quantitative estimate of drug-likeness (QED) is 0.732. The number of rotatable bonds is 6. The van der Waals surface area contributed by atoms with E-state index in [0.29, 0.717) is 5.56 Å². The Bertz CT molecular complexity index is 781. The van der Waals surface area contributed by atoms with Crippen LogP contribution in [0.25, 0.3) is 0 Å². The van der Waals surface area contributed by atoms with E-state index in [-0.39, 0.29) is 5.91 Å². The maximum atomic E-state index is 12.4. The van der Waals surface area contributed by atoms with Crippen molar-refractivity contribution in [3.63, 3.8) is 0 Å². The maximum absolute atomic E-state index is 12.4. The highest BCUT2D eigenvalue weighted by molar-refractivity contribution is 5.96. The van der Waals surface area contributed by atoms with Gasteiger partial charge in [-0.05, 0) is 74.7 Å². The van der Waals surface area contributed by atoms with E-state index in [4.69, 9.17) is 5.73 Å². The number of piperidine rings is 1. The van der Waals surface area contributed by atoms with E-state index in [0.717, 1.165) is 24.5 Å². The molecule has 1 atom stereocenters. The van der Waals surface area contributed by atoms with Gasteiger partial charge in [-0.25, -0.2) is 0 Å². The summed E-state index contributed by atoms with van der Waals surface area (Å²) in [4.78, 5) is 25.9. The number of hydrogen-bond acceptors (Lipinski definition) is 4. The van der Waals surface area contributed by atoms with Gasteiger partial charge in [0.25, 0.3) is 0 Å². The first-order valence-corrected chi connectivity index (χ1v) is 9.35. The second-order valence-corrected chi connectivity index (χ2v) is 6.89. The molecule has 142 valence electrons. The Morgan fingerprint density at radius 3 is 2.11 bits per heavy atom. The average molecular weight is 366 g/mol. The van der Waals surface area contributed by atoms with Gasteiger partial charge in [0.05, 0.1) is 0 Å². The van der Waals surface area contributed by atoms with Gasteiger partial charge in [-0.15, -0.1) is 0 Å². The van der Waals surface area contributed by atoms with E-state index in [9.17, 15) is 9.59 Å². The molecule has 0 aromatic heterocycles. The average Bonchev–Trinajstić information content (AvgIpc) is 2.69. The van der Waals surface area contributed by atoms with Crippen LogP contribution in [0.5, 0.6) is 0 Å². The number of hydrogen-bond donors (Lipinski definition) is 3. The maximum Gasteiger partial charge on any atom is 0.248 e. The fourth-order valence-electron chi connectivity index (χ4n) is 3.20. The van der Waals surface area contributed by atoms with Crippen molar-refractivity contribution in [1.82, 2.24) is 0 Å². The number of carbonyl (C=O) groups excluding carboxylic acids is 2. The number of nitrogens with zero attached hydrogens (tertiary/aromatic N) is 1. The Kier molecular flexibility index (Phi) is 5.96. The third kappa shape index (κ3) is 5.00. The Balaban J connectivity index is 1.55. The zero-order chi connectivity index (χ0) is 19.2. The van der Waals surface area contributed by atoms with Crippen LogP contribution in [0.2, 0.25) is 0 Å². The summed E-state index contributed by atoms with van der Waals surface area (Å²) in [5, 5.41) is 6.05. The van der Waals surface area contributed by atoms with Crippen LogP contribution in [-0.2, 0) is 4.79 Å². The summed E-state index contributed by atoms with van der Waals surface area (Å²) in [6.07, 6.45) is 3.78. The van der Waals surface area contributed by atoms with Gasteiger partial charge in [0.2, 0.25) is 11.8 Å². The summed E-state index contributed by atoms with van der Waals surface area (Å²) in [5.41, 5.74) is 8.40. The van der Waals surface area contributed by atoms with Crippen LogP contribution in [-0.4, -0.2) is 30.9 Å². The SMILES string of the molecule is C[C@H](Nc1ccc(C(N)=O)cc1)C(=O)Nc1ccc(N2CCCCC2)cc1. The highest BCUT2D eigenvalue weighted by Gasteiger charge is 2.14. The van der Waals surface area contributed by atoms with Gasteiger partial charge in [-0.1, -0.05) is 0 Å². The number of nitrogens with one attached hydrogen (secondary N) is 2. The minimum atomic E-state index is -0.472. The number of carbonyl (C=O) groups is 2. The summed E-state index contributed by atoms with van der Waals surface area (Å²) in [6.45, 7) is 3.99. The van der Waals surface area contributed by atoms with Crippen LogP contribution in [0.1, 0.15) is 36.5 Å². The van der Waals surface area contributed by atoms with Crippen molar-refractivity contribution < 1.29 is 9.59 Å². The van der Waals surface area contributed by atoms with Gasteiger partial charge in [-0.3, -0.25) is 9.59 Å². The first-order chi connectivity index (χ1) is 13.0. The Morgan fingerprint density at radius 1 is 0.926 bits per heavy atom. The fraction of sp³-hybridized carbons (Fsp3) is 0.333. The van der Waals surface area contributed by atoms with E-state index in [1.54, 1.807) is 31.2 Å². The van der Waals surface area contributed by atoms with Crippen LogP contribution in [0.3, 0.4) is 0 Å². The predicted octanol–water partition coefficient (Wildman–Crippen LogP) is 3.21. The zero-order valence-corrected chi connectivity index (χ0v) is 15.6. The number of benzene rings is 2. The molecule has 27 heavy (non-hydrogen) atoms. The van der Waals surface area contributed by atoms with Crippen molar-refractivity contribution in [1.29, 1.82) is 0 Å². The molecule has 6 heteroatoms. The Morgan fingerprint density at radius 2 is 1.52 bits per heavy atom. The second kappa shape index (κ2) is 8.58. The molecule has 2 aromatic rings. The van der Waals surface area contributed by atoms with Crippen molar-refractivity contribution >= 4 is 28.9 Å². The van der Waals surface area contributed by atoms with E-state index in [1.807, 2.05) is 12.1 Å². The van der Waals surface area contributed by atoms with Crippen molar-refractivity contribution in [3.05, 3.63) is 54.1 Å². The smallest absolute Gasteiger partial charge is 0.248 e. The van der Waals surface area contributed by atoms with E-state index in [1.165, 1.54) is 24.9 Å². The third-order valence-electron chi connectivity index (χ3n) is 4.80. The van der Waals surface area contributed by atoms with Crippen molar-refractivity contribution in [2.24, 2.45) is 5.73 Å². The molecule has 1 aliphatic heterocycles. The molecule has 0 aliphatic carbocycles. The first-order valence-electron chi connectivity index (χ1n) is 9.35. The number of primary amides is 1. The van der Waals surface area contributed by atoms with Crippen molar-refractivity contribution in [2.75, 3.05) is 28.6 Å². The number of anilines is 3. The lowest BCUT2D eigenvalue weighted by Gasteiger charge is -2.28. The number of amides is 2. The second-order valence-electron chi connectivity index (χ2n) is 6.89. The molecule has 4 N–H and O–H groups in total. The third-order valence-corrected chi connectivity index (χ3v) is 4.80. The molecule has 0 radical (unpaired) electrons. The molecule has 2 amide bonds. The first kappa shape index (κ1) is 18.8. The minimum absolute atomic E-state index is 0.125. The summed E-state index contributed by atoms with van der Waals surface area (Å²) in [7, 11) is 0. The largest absolute Gasteiger partial charge is 0.374 e. The predicted molar refractivity (Wildman–Crippen MR) is 109 cm³/mol. The standard InChI is InChI=1S/C21H26N4O2/c1-15(23-17-7-5-16(6-8-17)20(22)26)21(27)24-18-9-11-19(12-10-18)25-13-3-2-4-14-25/h5-12,15,23H,2-4,13-14H2,1H3,(H2,22,26)(H,24,27)/t15-/m0/s1. The molecule has 1 heterocycles. The molecule has 0 saturated carbocycles. The molecule has 6 nitrogen and oxygen atoms in total. The van der Waals surface area contributed by atoms with E-state index < -0.39 is 11.9 Å². The zero-order valence-electron chi connectivity index (χ0n) is 15.6. The molecule has 1 saturated heterocycles. The van der Waals surface area contributed by atoms with Gasteiger partial charge < -0.3 is 21.3 Å². The minimum Gasteiger partial charge on any atom is -0.374 e. The van der Waals surface area contributed by atoms with E-state index in [2.05, 4.69) is 27.7 Å². The molecular formula is C21H26N4O2. The van der Waals surface area contributed by atoms with Crippen LogP contribution >= 0.6 is 0 Å². The lowest BCUT2D eigenvalue weighted by Crippen LogP contribution is -2.32. The number of nitrogens with two attached hydrogens (primary N) is 1. The van der Waals surface area contributed by atoms with Gasteiger partial charge in [0, 0.05) is 35.7 Å². The molecule has 1 fully saturated rings. The van der Waals surface area contributed by atoms with Gasteiger partial charge in [0.15, 0.2) is 0 Å². The summed E-state index contributed by atoms with van der Waals surface area (Å²) in [6, 6.07) is 14.3. The fourth-order valence-corrected chi connectivity index (χ4v) is 3.20. The van der Waals surface area contributed by atoms with Crippen LogP contribution in [0, 0.1) is 0 Å². The van der Waals surface area contributed by atoms with Crippen LogP contribution < -0.4 is 21.3 Å². The summed E-state index contributed by atoms with van der Waals surface area (Å²) in [5.74, 6) is -0.597. The highest BCUT2D eigenvalue weighted by atomic mass is 16.2. The molecule has 0 bridgehead atoms. The monoisotopic (exact) mass is 366 g/mol. The van der Waals surface area contributed by atoms with Crippen LogP contribution in [0.15, 0.2) is 48.5 Å². The van der Waals surface area contributed by atoms with Crippen molar-refractivity contribution in [2.45, 2.75) is 32.2 Å². The lowest BCUT2D eigenvalue weighted by molar-refractivity contribution is -0.116. The molecule has 0 spiro atoms. The topological polar surface area (TPSA) is 87.5 Å². The van der Waals surface area contributed by atoms with Gasteiger partial charge in [0.1, 0.15) is 6.04 Å². The normalized spacial score (nSPS) is 15.1. The van der Waals surface area contributed by atoms with Gasteiger partial charge >= 0.3 is 0 Å². The van der Waals surface area contributed by atoms with Crippen molar-refractivity contribution in [3.8, 4) is 0 Å². The molecule has 1 aliphatic rings. The summed E-state index contributed by atoms with van der Waals surface area (Å²) < 4.78 is 0.